The maximum Gasteiger partial charge on any atom is 0.209 e. The molecule has 3 heterocycles. The van der Waals surface area contributed by atoms with Gasteiger partial charge in [-0.3, -0.25) is 14.8 Å². The number of carbonyl (C=O) groups is 1. The van der Waals surface area contributed by atoms with Crippen molar-refractivity contribution in [3.05, 3.63) is 47.6 Å². The predicted molar refractivity (Wildman–Crippen MR) is 155 cm³/mol. The average molecular weight is 537 g/mol. The van der Waals surface area contributed by atoms with Gasteiger partial charge in [0.1, 0.15) is 29.0 Å². The molecule has 2 aromatic rings. The van der Waals surface area contributed by atoms with Crippen LogP contribution in [0.2, 0.25) is 0 Å². The number of amides is 1. The molecular formula is C28H40N8O3. The number of hydrogen-bond donors (Lipinski definition) is 3. The SMILES string of the molecule is CC(C)(C)O.CN=C/C=C(\N)C(C)Oc1cc(/C(=C/N)C(C)=NC2CCN(C=O)CC2)cn2ncc(C#N)c12. The second-order valence-corrected chi connectivity index (χ2v) is 10.2. The molecule has 5 N–H and O–H groups in total. The molecule has 1 saturated heterocycles. The van der Waals surface area contributed by atoms with Crippen LogP contribution in [0.15, 0.2) is 46.4 Å². The fourth-order valence-electron chi connectivity index (χ4n) is 3.85. The second-order valence-electron chi connectivity index (χ2n) is 10.2. The maximum atomic E-state index is 11.0. The Bertz CT molecular complexity index is 1280. The second kappa shape index (κ2) is 14.1. The van der Waals surface area contributed by atoms with Gasteiger partial charge in [0.2, 0.25) is 6.41 Å². The fourth-order valence-corrected chi connectivity index (χ4v) is 3.85. The van der Waals surface area contributed by atoms with E-state index in [2.05, 4.69) is 16.2 Å². The number of allylic oxidation sites excluding steroid dienone is 2. The number of piperidine rings is 1. The standard InChI is InChI=1S/C24H30N8O2.C4H10O/c1-16(30-20-5-8-31(15-33)9-6-20)21(12-26)18-10-23(34-17(2)22(27)4-7-28-3)24-19(11-25)13-29-32(24)14-18;1-4(2,3)5/h4,7,10,12-15,17,20H,5-6,8-9,26-27H2,1-3H3;5H,1-3H3/b21-12+,22-4-,28-7?,30-16?;. The maximum absolute atomic E-state index is 11.0. The zero-order valence-corrected chi connectivity index (χ0v) is 23.6. The highest BCUT2D eigenvalue weighted by Crippen LogP contribution is 2.30. The Hall–Kier alpha value is -4.17. The molecule has 0 radical (unpaired) electrons. The van der Waals surface area contributed by atoms with Gasteiger partial charge < -0.3 is 26.2 Å². The number of aliphatic imine (C=N–C) groups is 2. The van der Waals surface area contributed by atoms with Gasteiger partial charge in [0.25, 0.3) is 0 Å². The summed E-state index contributed by atoms with van der Waals surface area (Å²) in [6, 6.07) is 4.09. The molecular weight excluding hydrogens is 496 g/mol. The van der Waals surface area contributed by atoms with Crippen molar-refractivity contribution in [3.8, 4) is 11.8 Å². The van der Waals surface area contributed by atoms with E-state index in [0.29, 0.717) is 35.6 Å². The number of ether oxygens (including phenoxy) is 1. The van der Waals surface area contributed by atoms with E-state index in [9.17, 15) is 10.1 Å². The van der Waals surface area contributed by atoms with Crippen molar-refractivity contribution in [2.45, 2.75) is 65.2 Å². The Kier molecular flexibility index (Phi) is 11.2. The predicted octanol–water partition coefficient (Wildman–Crippen LogP) is 2.67. The lowest BCUT2D eigenvalue weighted by Crippen LogP contribution is -2.34. The van der Waals surface area contributed by atoms with Gasteiger partial charge in [-0.15, -0.1) is 0 Å². The topological polar surface area (TPSA) is 168 Å². The molecule has 0 spiro atoms. The van der Waals surface area contributed by atoms with E-state index in [1.54, 1.807) is 55.7 Å². The molecule has 0 bridgehead atoms. The number of fused-ring (bicyclic) bond motifs is 1. The first-order chi connectivity index (χ1) is 18.4. The largest absolute Gasteiger partial charge is 0.482 e. The lowest BCUT2D eigenvalue weighted by Gasteiger charge is -2.27. The van der Waals surface area contributed by atoms with Crippen LogP contribution in [0.4, 0.5) is 0 Å². The minimum atomic E-state index is -0.500. The molecule has 1 fully saturated rings. The van der Waals surface area contributed by atoms with Crippen molar-refractivity contribution in [3.63, 3.8) is 0 Å². The zero-order chi connectivity index (χ0) is 29.2. The first kappa shape index (κ1) is 31.1. The van der Waals surface area contributed by atoms with Crippen molar-refractivity contribution in [1.82, 2.24) is 14.5 Å². The van der Waals surface area contributed by atoms with E-state index in [4.69, 9.17) is 26.3 Å². The van der Waals surface area contributed by atoms with E-state index in [-0.39, 0.29) is 6.04 Å². The summed E-state index contributed by atoms with van der Waals surface area (Å²) >= 11 is 0. The van der Waals surface area contributed by atoms with E-state index in [1.807, 2.05) is 19.9 Å². The first-order valence-corrected chi connectivity index (χ1v) is 12.8. The number of likely N-dealkylation sites (tertiary alicyclic amines) is 1. The van der Waals surface area contributed by atoms with E-state index < -0.39 is 11.7 Å². The Labute approximate surface area is 230 Å². The van der Waals surface area contributed by atoms with E-state index in [1.165, 1.54) is 12.4 Å². The first-order valence-electron chi connectivity index (χ1n) is 12.8. The number of aliphatic hydroxyl groups is 1. The average Bonchev–Trinajstić information content (AvgIpc) is 3.30. The molecule has 11 nitrogen and oxygen atoms in total. The van der Waals surface area contributed by atoms with Crippen molar-refractivity contribution >= 4 is 29.4 Å². The zero-order valence-electron chi connectivity index (χ0n) is 23.6. The van der Waals surface area contributed by atoms with Crippen LogP contribution in [0.3, 0.4) is 0 Å². The normalized spacial score (nSPS) is 16.6. The molecule has 0 aromatic carbocycles. The quantitative estimate of drug-likeness (QED) is 0.344. The van der Waals surface area contributed by atoms with Crippen LogP contribution in [-0.2, 0) is 4.79 Å². The summed E-state index contributed by atoms with van der Waals surface area (Å²) in [5.41, 5.74) is 15.3. The number of nitrogens with two attached hydrogens (primary N) is 2. The number of rotatable bonds is 8. The third-order valence-electron chi connectivity index (χ3n) is 5.78. The van der Waals surface area contributed by atoms with Crippen LogP contribution in [0.5, 0.6) is 5.75 Å². The molecule has 1 aliphatic heterocycles. The van der Waals surface area contributed by atoms with E-state index >= 15 is 0 Å². The van der Waals surface area contributed by atoms with Gasteiger partial charge in [0.15, 0.2) is 0 Å². The third-order valence-corrected chi connectivity index (χ3v) is 5.78. The number of hydrogen-bond acceptors (Lipinski definition) is 9. The lowest BCUT2D eigenvalue weighted by molar-refractivity contribution is -0.119. The van der Waals surface area contributed by atoms with Gasteiger partial charge in [-0.2, -0.15) is 10.4 Å². The number of aromatic nitrogens is 2. The number of pyridine rings is 1. The minimum absolute atomic E-state index is 0.116. The highest BCUT2D eigenvalue weighted by molar-refractivity contribution is 6.22. The molecule has 1 amide bonds. The highest BCUT2D eigenvalue weighted by Gasteiger charge is 2.20. The molecule has 1 atom stereocenters. The van der Waals surface area contributed by atoms with Gasteiger partial charge in [-0.1, -0.05) is 0 Å². The molecule has 11 heteroatoms. The monoisotopic (exact) mass is 536 g/mol. The summed E-state index contributed by atoms with van der Waals surface area (Å²) in [6.07, 6.45) is 10.1. The summed E-state index contributed by atoms with van der Waals surface area (Å²) in [4.78, 5) is 21.5. The van der Waals surface area contributed by atoms with Gasteiger partial charge >= 0.3 is 0 Å². The molecule has 3 rings (SSSR count). The van der Waals surface area contributed by atoms with Crippen molar-refractivity contribution < 1.29 is 14.6 Å². The molecule has 0 aliphatic carbocycles. The summed E-state index contributed by atoms with van der Waals surface area (Å²) in [7, 11) is 1.66. The smallest absolute Gasteiger partial charge is 0.209 e. The Balaban J connectivity index is 0.000000976. The van der Waals surface area contributed by atoms with Gasteiger partial charge in [0.05, 0.1) is 23.5 Å². The summed E-state index contributed by atoms with van der Waals surface area (Å²) < 4.78 is 7.76. The Morgan fingerprint density at radius 3 is 2.54 bits per heavy atom. The Morgan fingerprint density at radius 1 is 1.36 bits per heavy atom. The summed E-state index contributed by atoms with van der Waals surface area (Å²) in [6.45, 7) is 10.3. The summed E-state index contributed by atoms with van der Waals surface area (Å²) in [5, 5.41) is 22.4. The van der Waals surface area contributed by atoms with Gasteiger partial charge in [-0.25, -0.2) is 4.52 Å². The highest BCUT2D eigenvalue weighted by atomic mass is 16.5. The molecule has 1 unspecified atom stereocenters. The van der Waals surface area contributed by atoms with Crippen LogP contribution in [0, 0.1) is 11.3 Å². The van der Waals surface area contributed by atoms with Crippen LogP contribution in [-0.4, -0.2) is 75.8 Å². The molecule has 0 saturated carbocycles. The van der Waals surface area contributed by atoms with Crippen LogP contribution in [0.25, 0.3) is 11.1 Å². The molecule has 2 aromatic heterocycles. The minimum Gasteiger partial charge on any atom is -0.482 e. The molecule has 39 heavy (non-hydrogen) atoms. The number of carbonyl (C=O) groups excluding carboxylic acids is 1. The van der Waals surface area contributed by atoms with Crippen molar-refractivity contribution in [2.75, 3.05) is 20.1 Å². The Morgan fingerprint density at radius 2 is 2.00 bits per heavy atom. The van der Waals surface area contributed by atoms with Crippen molar-refractivity contribution in [2.24, 2.45) is 21.5 Å². The van der Waals surface area contributed by atoms with Crippen LogP contribution < -0.4 is 16.2 Å². The number of nitriles is 1. The van der Waals surface area contributed by atoms with Gasteiger partial charge in [-0.05, 0) is 59.6 Å². The summed E-state index contributed by atoms with van der Waals surface area (Å²) in [5.74, 6) is 0.454. The third kappa shape index (κ3) is 9.26. The van der Waals surface area contributed by atoms with Gasteiger partial charge in [0, 0.05) is 55.6 Å². The van der Waals surface area contributed by atoms with Crippen LogP contribution in [0.1, 0.15) is 58.6 Å². The number of nitrogens with zero attached hydrogens (tertiary/aromatic N) is 6. The van der Waals surface area contributed by atoms with E-state index in [0.717, 1.165) is 36.1 Å². The van der Waals surface area contributed by atoms with Crippen molar-refractivity contribution in [1.29, 1.82) is 5.26 Å². The molecule has 1 aliphatic rings. The van der Waals surface area contributed by atoms with Crippen LogP contribution >= 0.6 is 0 Å². The fraction of sp³-hybridized carbons (Fsp3) is 0.464. The lowest BCUT2D eigenvalue weighted by atomic mass is 10.0. The molecule has 210 valence electrons.